The molecule has 0 saturated carbocycles. The van der Waals surface area contributed by atoms with E-state index in [1.54, 1.807) is 24.5 Å². The fraction of sp³-hybridized carbons (Fsp3) is 0. The molecule has 1 N–H and O–H groups in total. The first-order valence-corrected chi connectivity index (χ1v) is 7.91. The molecular weight excluding hydrogens is 338 g/mol. The van der Waals surface area contributed by atoms with Gasteiger partial charge in [0.2, 0.25) is 11.6 Å². The number of rotatable bonds is 3. The second-order valence-electron chi connectivity index (χ2n) is 5.36. The van der Waals surface area contributed by atoms with E-state index in [4.69, 9.17) is 16.0 Å². The number of aromatic hydroxyl groups is 1. The Kier molecular flexibility index (Phi) is 3.91. The number of phenols is 1. The Morgan fingerprint density at radius 1 is 1.08 bits per heavy atom. The van der Waals surface area contributed by atoms with E-state index in [9.17, 15) is 5.11 Å². The fourth-order valence-corrected chi connectivity index (χ4v) is 2.57. The largest absolute Gasteiger partial charge is 0.507 e. The summed E-state index contributed by atoms with van der Waals surface area (Å²) in [6.45, 7) is 0. The van der Waals surface area contributed by atoms with Crippen molar-refractivity contribution in [3.05, 3.63) is 71.4 Å². The lowest BCUT2D eigenvalue weighted by atomic mass is 10.2. The van der Waals surface area contributed by atoms with Crippen molar-refractivity contribution in [2.75, 3.05) is 0 Å². The highest BCUT2D eigenvalue weighted by Gasteiger charge is 2.09. The fourth-order valence-electron chi connectivity index (χ4n) is 2.39. The molecule has 0 aliphatic carbocycles. The molecule has 0 unspecified atom stereocenters. The first-order chi connectivity index (χ1) is 12.2. The van der Waals surface area contributed by atoms with Gasteiger partial charge in [-0.05, 0) is 48.5 Å². The molecule has 122 valence electrons. The van der Waals surface area contributed by atoms with E-state index < -0.39 is 0 Å². The molecule has 25 heavy (non-hydrogen) atoms. The highest BCUT2D eigenvalue weighted by molar-refractivity contribution is 6.30. The van der Waals surface area contributed by atoms with Gasteiger partial charge in [-0.2, -0.15) is 0 Å². The smallest absolute Gasteiger partial charge is 0.247 e. The number of nitrogens with zero attached hydrogens (tertiary/aromatic N) is 3. The Morgan fingerprint density at radius 3 is 2.88 bits per heavy atom. The number of benzene rings is 2. The number of hydrogen-bond donors (Lipinski definition) is 1. The quantitative estimate of drug-likeness (QED) is 0.528. The molecule has 5 nitrogen and oxygen atoms in total. The van der Waals surface area contributed by atoms with Crippen LogP contribution in [0.4, 0.5) is 5.69 Å². The summed E-state index contributed by atoms with van der Waals surface area (Å²) in [5.74, 6) is 0.602. The van der Waals surface area contributed by atoms with Crippen LogP contribution in [0.5, 0.6) is 5.75 Å². The van der Waals surface area contributed by atoms with Gasteiger partial charge in [0.1, 0.15) is 11.3 Å². The molecule has 0 aliphatic heterocycles. The van der Waals surface area contributed by atoms with Gasteiger partial charge in [-0.25, -0.2) is 9.97 Å². The summed E-state index contributed by atoms with van der Waals surface area (Å²) in [5.41, 5.74) is 3.24. The zero-order chi connectivity index (χ0) is 17.2. The molecule has 0 aliphatic rings. The van der Waals surface area contributed by atoms with Crippen molar-refractivity contribution in [3.63, 3.8) is 0 Å². The number of aliphatic imine (C=N–C) groups is 1. The predicted octanol–water partition coefficient (Wildman–Crippen LogP) is 5.00. The van der Waals surface area contributed by atoms with E-state index in [0.29, 0.717) is 33.4 Å². The van der Waals surface area contributed by atoms with Gasteiger partial charge in [-0.1, -0.05) is 17.7 Å². The van der Waals surface area contributed by atoms with E-state index in [1.165, 1.54) is 6.07 Å². The molecule has 0 fully saturated rings. The second-order valence-corrected chi connectivity index (χ2v) is 5.79. The van der Waals surface area contributed by atoms with E-state index >= 15 is 0 Å². The van der Waals surface area contributed by atoms with Gasteiger partial charge in [0.05, 0.1) is 5.69 Å². The number of hydrogen-bond acceptors (Lipinski definition) is 5. The topological polar surface area (TPSA) is 71.5 Å². The summed E-state index contributed by atoms with van der Waals surface area (Å²) < 4.78 is 5.68. The molecule has 0 saturated heterocycles. The number of phenolic OH excluding ortho intramolecular Hbond substituents is 1. The molecular formula is C19H12ClN3O2. The zero-order valence-corrected chi connectivity index (χ0v) is 13.7. The maximum atomic E-state index is 9.84. The van der Waals surface area contributed by atoms with E-state index in [-0.39, 0.29) is 5.75 Å². The van der Waals surface area contributed by atoms with Crippen LogP contribution in [0.2, 0.25) is 5.02 Å². The first kappa shape index (κ1) is 15.4. The van der Waals surface area contributed by atoms with Crippen LogP contribution < -0.4 is 0 Å². The minimum atomic E-state index is 0.120. The van der Waals surface area contributed by atoms with Gasteiger partial charge in [-0.3, -0.25) is 4.99 Å². The maximum Gasteiger partial charge on any atom is 0.247 e. The van der Waals surface area contributed by atoms with Crippen LogP contribution in [0, 0.1) is 0 Å². The lowest BCUT2D eigenvalue weighted by molar-refractivity contribution is 0.474. The van der Waals surface area contributed by atoms with Crippen molar-refractivity contribution < 1.29 is 9.52 Å². The lowest BCUT2D eigenvalue weighted by Gasteiger charge is -2.00. The molecule has 0 amide bonds. The van der Waals surface area contributed by atoms with Crippen LogP contribution in [-0.4, -0.2) is 21.3 Å². The minimum Gasteiger partial charge on any atom is -0.507 e. The second kappa shape index (κ2) is 6.37. The minimum absolute atomic E-state index is 0.120. The van der Waals surface area contributed by atoms with Crippen molar-refractivity contribution in [2.24, 2.45) is 4.99 Å². The summed E-state index contributed by atoms with van der Waals surface area (Å²) in [6, 6.07) is 15.9. The third-order valence-electron chi connectivity index (χ3n) is 3.60. The standard InChI is InChI=1S/C19H12ClN3O2/c20-14-6-7-17(24)13(9-14)11-22-15-4-1-3-12(10-15)18-23-16-5-2-8-21-19(16)25-18/h1-11,24H. The number of halogens is 1. The van der Waals surface area contributed by atoms with Crippen molar-refractivity contribution >= 4 is 34.7 Å². The molecule has 2 heterocycles. The Balaban J connectivity index is 1.67. The third-order valence-corrected chi connectivity index (χ3v) is 3.84. The van der Waals surface area contributed by atoms with Gasteiger partial charge in [0, 0.05) is 28.6 Å². The zero-order valence-electron chi connectivity index (χ0n) is 12.9. The van der Waals surface area contributed by atoms with Crippen LogP contribution in [0.1, 0.15) is 5.56 Å². The molecule has 0 spiro atoms. The lowest BCUT2D eigenvalue weighted by Crippen LogP contribution is -1.82. The van der Waals surface area contributed by atoms with Crippen molar-refractivity contribution in [3.8, 4) is 17.2 Å². The summed E-state index contributed by atoms with van der Waals surface area (Å²) >= 11 is 5.94. The molecule has 2 aromatic carbocycles. The summed E-state index contributed by atoms with van der Waals surface area (Å²) in [4.78, 5) is 13.0. The van der Waals surface area contributed by atoms with Crippen LogP contribution in [-0.2, 0) is 0 Å². The van der Waals surface area contributed by atoms with Crippen molar-refractivity contribution in [1.82, 2.24) is 9.97 Å². The number of aromatic nitrogens is 2. The summed E-state index contributed by atoms with van der Waals surface area (Å²) in [6.07, 6.45) is 3.23. The number of pyridine rings is 1. The van der Waals surface area contributed by atoms with Gasteiger partial charge in [0.15, 0.2) is 0 Å². The highest BCUT2D eigenvalue weighted by Crippen LogP contribution is 2.27. The highest BCUT2D eigenvalue weighted by atomic mass is 35.5. The van der Waals surface area contributed by atoms with E-state index in [2.05, 4.69) is 15.0 Å². The third kappa shape index (κ3) is 3.22. The average molecular weight is 350 g/mol. The number of oxazole rings is 1. The van der Waals surface area contributed by atoms with Crippen LogP contribution in [0.15, 0.2) is 70.2 Å². The Labute approximate surface area is 148 Å². The summed E-state index contributed by atoms with van der Waals surface area (Å²) in [5, 5.41) is 10.4. The maximum absolute atomic E-state index is 9.84. The molecule has 0 radical (unpaired) electrons. The molecule has 0 bridgehead atoms. The van der Waals surface area contributed by atoms with Crippen LogP contribution in [0.25, 0.3) is 22.7 Å². The molecule has 4 aromatic rings. The first-order valence-electron chi connectivity index (χ1n) is 7.54. The normalized spacial score (nSPS) is 11.4. The van der Waals surface area contributed by atoms with Crippen LogP contribution in [0.3, 0.4) is 0 Å². The predicted molar refractivity (Wildman–Crippen MR) is 97.6 cm³/mol. The Morgan fingerprint density at radius 2 is 2.00 bits per heavy atom. The van der Waals surface area contributed by atoms with Crippen LogP contribution >= 0.6 is 11.6 Å². The van der Waals surface area contributed by atoms with Gasteiger partial charge < -0.3 is 9.52 Å². The van der Waals surface area contributed by atoms with E-state index in [0.717, 1.165) is 5.56 Å². The van der Waals surface area contributed by atoms with E-state index in [1.807, 2.05) is 36.4 Å². The SMILES string of the molecule is Oc1ccc(Cl)cc1C=Nc1cccc(-c2nc3cccnc3o2)c1. The number of fused-ring (bicyclic) bond motifs is 1. The van der Waals surface area contributed by atoms with Crippen molar-refractivity contribution in [2.45, 2.75) is 0 Å². The Bertz CT molecular complexity index is 1060. The summed E-state index contributed by atoms with van der Waals surface area (Å²) in [7, 11) is 0. The molecule has 2 aromatic heterocycles. The van der Waals surface area contributed by atoms with Crippen molar-refractivity contribution in [1.29, 1.82) is 0 Å². The van der Waals surface area contributed by atoms with Gasteiger partial charge >= 0.3 is 0 Å². The molecule has 4 rings (SSSR count). The molecule has 6 heteroatoms. The monoisotopic (exact) mass is 349 g/mol. The Hall–Kier alpha value is -3.18. The average Bonchev–Trinajstić information content (AvgIpc) is 3.07. The van der Waals surface area contributed by atoms with Gasteiger partial charge in [-0.15, -0.1) is 0 Å². The molecule has 0 atom stereocenters. The van der Waals surface area contributed by atoms with Gasteiger partial charge in [0.25, 0.3) is 0 Å².